The first-order valence-electron chi connectivity index (χ1n) is 4.59. The molecule has 1 saturated heterocycles. The van der Waals surface area contributed by atoms with Gasteiger partial charge in [0.1, 0.15) is 0 Å². The fraction of sp³-hybridized carbons (Fsp3) is 0.778. The third-order valence-electron chi connectivity index (χ3n) is 1.96. The van der Waals surface area contributed by atoms with Gasteiger partial charge >= 0.3 is 11.9 Å². The van der Waals surface area contributed by atoms with Gasteiger partial charge in [0, 0.05) is 6.42 Å². The Balaban J connectivity index is 2.26. The Bertz CT molecular complexity index is 200. The van der Waals surface area contributed by atoms with Crippen molar-refractivity contribution in [1.29, 1.82) is 0 Å². The maximum Gasteiger partial charge on any atom is 0.320 e. The maximum atomic E-state index is 11.2. The number of unbranched alkanes of at least 4 members (excludes halogenated alkanes) is 1. The second kappa shape index (κ2) is 4.84. The van der Waals surface area contributed by atoms with Crippen molar-refractivity contribution in [2.45, 2.75) is 26.2 Å². The van der Waals surface area contributed by atoms with Crippen molar-refractivity contribution >= 4 is 11.9 Å². The van der Waals surface area contributed by atoms with E-state index in [1.54, 1.807) is 0 Å². The highest BCUT2D eigenvalue weighted by Crippen LogP contribution is 2.15. The molecule has 1 heterocycles. The van der Waals surface area contributed by atoms with E-state index in [0.29, 0.717) is 19.6 Å². The summed E-state index contributed by atoms with van der Waals surface area (Å²) >= 11 is 0. The van der Waals surface area contributed by atoms with Gasteiger partial charge in [-0.2, -0.15) is 0 Å². The zero-order valence-electron chi connectivity index (χ0n) is 7.75. The van der Waals surface area contributed by atoms with Crippen molar-refractivity contribution in [2.24, 2.45) is 5.92 Å². The molecular formula is C9H14O4. The van der Waals surface area contributed by atoms with Gasteiger partial charge in [-0.3, -0.25) is 9.59 Å². The molecule has 0 spiro atoms. The molecule has 0 N–H and O–H groups in total. The lowest BCUT2D eigenvalue weighted by Crippen LogP contribution is -2.22. The summed E-state index contributed by atoms with van der Waals surface area (Å²) in [6, 6.07) is 0. The van der Waals surface area contributed by atoms with Crippen molar-refractivity contribution in [1.82, 2.24) is 0 Å². The number of esters is 2. The maximum absolute atomic E-state index is 11.2. The summed E-state index contributed by atoms with van der Waals surface area (Å²) < 4.78 is 9.55. The van der Waals surface area contributed by atoms with Crippen LogP contribution >= 0.6 is 0 Å². The molecule has 1 unspecified atom stereocenters. The van der Waals surface area contributed by atoms with Gasteiger partial charge in [-0.1, -0.05) is 13.3 Å². The molecule has 0 aromatic heterocycles. The smallest absolute Gasteiger partial charge is 0.320 e. The summed E-state index contributed by atoms with van der Waals surface area (Å²) in [4.78, 5) is 22.1. The van der Waals surface area contributed by atoms with Crippen LogP contribution in [0.4, 0.5) is 0 Å². The van der Waals surface area contributed by atoms with Gasteiger partial charge in [0.15, 0.2) is 5.92 Å². The number of cyclic esters (lactones) is 1. The first-order valence-corrected chi connectivity index (χ1v) is 4.59. The first-order chi connectivity index (χ1) is 6.25. The predicted octanol–water partition coefficient (Wildman–Crippen LogP) is 0.893. The van der Waals surface area contributed by atoms with Crippen LogP contribution in [0.15, 0.2) is 0 Å². The van der Waals surface area contributed by atoms with Gasteiger partial charge in [-0.25, -0.2) is 0 Å². The van der Waals surface area contributed by atoms with Gasteiger partial charge in [-0.05, 0) is 6.42 Å². The van der Waals surface area contributed by atoms with E-state index in [-0.39, 0.29) is 0 Å². The van der Waals surface area contributed by atoms with E-state index in [0.717, 1.165) is 12.8 Å². The minimum atomic E-state index is -0.670. The standard InChI is InChI=1S/C9H14O4/c1-2-3-5-12-8(10)7-4-6-13-9(7)11/h7H,2-6H2,1H3. The quantitative estimate of drug-likeness (QED) is 0.372. The number of ether oxygens (including phenoxy) is 2. The van der Waals surface area contributed by atoms with Crippen LogP contribution in [0.5, 0.6) is 0 Å². The normalized spacial score (nSPS) is 21.3. The summed E-state index contributed by atoms with van der Waals surface area (Å²) in [5, 5.41) is 0. The van der Waals surface area contributed by atoms with Crippen LogP contribution in [-0.4, -0.2) is 25.2 Å². The van der Waals surface area contributed by atoms with E-state index in [4.69, 9.17) is 4.74 Å². The number of carbonyl (C=O) groups excluding carboxylic acids is 2. The molecule has 74 valence electrons. The van der Waals surface area contributed by atoms with Crippen molar-refractivity contribution in [3.63, 3.8) is 0 Å². The molecule has 1 aliphatic rings. The molecule has 13 heavy (non-hydrogen) atoms. The lowest BCUT2D eigenvalue weighted by atomic mass is 10.1. The van der Waals surface area contributed by atoms with E-state index in [1.165, 1.54) is 0 Å². The summed E-state index contributed by atoms with van der Waals surface area (Å²) in [5.74, 6) is -1.55. The fourth-order valence-electron chi connectivity index (χ4n) is 1.13. The largest absolute Gasteiger partial charge is 0.465 e. The molecule has 1 rings (SSSR count). The van der Waals surface area contributed by atoms with Gasteiger partial charge in [-0.15, -0.1) is 0 Å². The highest BCUT2D eigenvalue weighted by molar-refractivity contribution is 5.95. The van der Waals surface area contributed by atoms with Crippen LogP contribution < -0.4 is 0 Å². The fourth-order valence-corrected chi connectivity index (χ4v) is 1.13. The van der Waals surface area contributed by atoms with Crippen molar-refractivity contribution in [3.8, 4) is 0 Å². The van der Waals surface area contributed by atoms with Crippen LogP contribution in [0, 0.1) is 5.92 Å². The monoisotopic (exact) mass is 186 g/mol. The summed E-state index contributed by atoms with van der Waals surface area (Å²) in [5.41, 5.74) is 0. The first kappa shape index (κ1) is 10.0. The van der Waals surface area contributed by atoms with Gasteiger partial charge in [0.25, 0.3) is 0 Å². The Morgan fingerprint density at radius 1 is 1.69 bits per heavy atom. The molecule has 0 aromatic rings. The Morgan fingerprint density at radius 3 is 3.00 bits per heavy atom. The van der Waals surface area contributed by atoms with E-state index < -0.39 is 17.9 Å². The van der Waals surface area contributed by atoms with Crippen LogP contribution in [0.1, 0.15) is 26.2 Å². The molecule has 4 heteroatoms. The average Bonchev–Trinajstić information content (AvgIpc) is 2.52. The molecule has 0 aliphatic carbocycles. The highest BCUT2D eigenvalue weighted by atomic mass is 16.6. The van der Waals surface area contributed by atoms with E-state index in [9.17, 15) is 9.59 Å². The summed E-state index contributed by atoms with van der Waals surface area (Å²) in [6.07, 6.45) is 2.28. The Morgan fingerprint density at radius 2 is 2.46 bits per heavy atom. The molecular weight excluding hydrogens is 172 g/mol. The zero-order chi connectivity index (χ0) is 9.68. The Labute approximate surface area is 77.2 Å². The Hall–Kier alpha value is -1.06. The molecule has 1 fully saturated rings. The average molecular weight is 186 g/mol. The minimum absolute atomic E-state index is 0.340. The lowest BCUT2D eigenvalue weighted by Gasteiger charge is -2.05. The zero-order valence-corrected chi connectivity index (χ0v) is 7.75. The van der Waals surface area contributed by atoms with Crippen molar-refractivity contribution in [2.75, 3.05) is 13.2 Å². The van der Waals surface area contributed by atoms with Crippen LogP contribution in [0.2, 0.25) is 0 Å². The predicted molar refractivity (Wildman–Crippen MR) is 44.9 cm³/mol. The SMILES string of the molecule is CCCCOC(=O)C1CCOC1=O. The van der Waals surface area contributed by atoms with Gasteiger partial charge < -0.3 is 9.47 Å². The van der Waals surface area contributed by atoms with Crippen molar-refractivity contribution < 1.29 is 19.1 Å². The molecule has 0 aromatic carbocycles. The molecule has 0 amide bonds. The van der Waals surface area contributed by atoms with Gasteiger partial charge in [0.2, 0.25) is 0 Å². The molecule has 0 saturated carbocycles. The van der Waals surface area contributed by atoms with Crippen LogP contribution in [0.25, 0.3) is 0 Å². The number of carbonyl (C=O) groups is 2. The molecule has 1 atom stereocenters. The second-order valence-corrected chi connectivity index (χ2v) is 3.03. The van der Waals surface area contributed by atoms with E-state index in [1.807, 2.05) is 6.92 Å². The van der Waals surface area contributed by atoms with Crippen molar-refractivity contribution in [3.05, 3.63) is 0 Å². The lowest BCUT2D eigenvalue weighted by molar-refractivity contribution is -0.156. The van der Waals surface area contributed by atoms with Crippen LogP contribution in [0.3, 0.4) is 0 Å². The minimum Gasteiger partial charge on any atom is -0.465 e. The second-order valence-electron chi connectivity index (χ2n) is 3.03. The number of hydrogen-bond acceptors (Lipinski definition) is 4. The van der Waals surface area contributed by atoms with Gasteiger partial charge in [0.05, 0.1) is 13.2 Å². The van der Waals surface area contributed by atoms with Crippen LogP contribution in [-0.2, 0) is 19.1 Å². The number of rotatable bonds is 4. The third-order valence-corrected chi connectivity index (χ3v) is 1.96. The molecule has 1 aliphatic heterocycles. The molecule has 4 nitrogen and oxygen atoms in total. The summed E-state index contributed by atoms with van der Waals surface area (Å²) in [7, 11) is 0. The number of hydrogen-bond donors (Lipinski definition) is 0. The highest BCUT2D eigenvalue weighted by Gasteiger charge is 2.34. The third kappa shape index (κ3) is 2.72. The van der Waals surface area contributed by atoms with E-state index >= 15 is 0 Å². The Kier molecular flexibility index (Phi) is 3.73. The van der Waals surface area contributed by atoms with E-state index in [2.05, 4.69) is 4.74 Å². The molecule has 0 bridgehead atoms. The topological polar surface area (TPSA) is 52.6 Å². The molecule has 0 radical (unpaired) electrons. The summed E-state index contributed by atoms with van der Waals surface area (Å²) in [6.45, 7) is 2.75.